The van der Waals surface area contributed by atoms with E-state index in [4.69, 9.17) is 0 Å². The first-order chi connectivity index (χ1) is 8.72. The molecule has 0 aromatic carbocycles. The molecule has 2 heterocycles. The molecular formula is C15H29N3. The van der Waals surface area contributed by atoms with E-state index >= 15 is 0 Å². The standard InChI is InChI=1S/C15H29N3/c1-12-11-14(5-8-17(12)2)16-13-6-9-18(10-7-13)15-3-4-15/h12-16H,3-11H2,1-2H3. The third kappa shape index (κ3) is 3.06. The Hall–Kier alpha value is -0.120. The van der Waals surface area contributed by atoms with E-state index in [1.807, 2.05) is 0 Å². The van der Waals surface area contributed by atoms with Crippen molar-refractivity contribution < 1.29 is 0 Å². The number of hydrogen-bond donors (Lipinski definition) is 1. The molecule has 2 aliphatic heterocycles. The van der Waals surface area contributed by atoms with Gasteiger partial charge in [0.05, 0.1) is 0 Å². The molecule has 0 amide bonds. The first kappa shape index (κ1) is 12.9. The fourth-order valence-electron chi connectivity index (χ4n) is 3.65. The Balaban J connectivity index is 1.40. The van der Waals surface area contributed by atoms with Crippen molar-refractivity contribution >= 4 is 0 Å². The summed E-state index contributed by atoms with van der Waals surface area (Å²) < 4.78 is 0. The fourth-order valence-corrected chi connectivity index (χ4v) is 3.65. The van der Waals surface area contributed by atoms with Crippen LogP contribution in [0.2, 0.25) is 0 Å². The highest BCUT2D eigenvalue weighted by atomic mass is 15.2. The summed E-state index contributed by atoms with van der Waals surface area (Å²) in [5, 5.41) is 3.94. The lowest BCUT2D eigenvalue weighted by atomic mass is 9.96. The van der Waals surface area contributed by atoms with Crippen LogP contribution in [0.5, 0.6) is 0 Å². The van der Waals surface area contributed by atoms with E-state index in [9.17, 15) is 0 Å². The SMILES string of the molecule is CC1CC(NC2CCN(C3CC3)CC2)CCN1C. The molecule has 0 spiro atoms. The number of likely N-dealkylation sites (tertiary alicyclic amines) is 2. The van der Waals surface area contributed by atoms with Gasteiger partial charge in [0.1, 0.15) is 0 Å². The van der Waals surface area contributed by atoms with Crippen molar-refractivity contribution in [2.24, 2.45) is 0 Å². The second-order valence-corrected chi connectivity index (χ2v) is 6.76. The van der Waals surface area contributed by atoms with Crippen molar-refractivity contribution in [2.75, 3.05) is 26.7 Å². The molecule has 0 radical (unpaired) electrons. The first-order valence-corrected chi connectivity index (χ1v) is 7.92. The van der Waals surface area contributed by atoms with Crippen LogP contribution in [0.15, 0.2) is 0 Å². The molecule has 0 aromatic heterocycles. The predicted molar refractivity (Wildman–Crippen MR) is 75.9 cm³/mol. The molecule has 0 aromatic rings. The van der Waals surface area contributed by atoms with Gasteiger partial charge in [-0.25, -0.2) is 0 Å². The maximum Gasteiger partial charge on any atom is 0.00966 e. The zero-order valence-corrected chi connectivity index (χ0v) is 12.1. The van der Waals surface area contributed by atoms with Gasteiger partial charge in [-0.1, -0.05) is 0 Å². The molecule has 18 heavy (non-hydrogen) atoms. The highest BCUT2D eigenvalue weighted by molar-refractivity contribution is 4.90. The average Bonchev–Trinajstić information content (AvgIpc) is 3.19. The second-order valence-electron chi connectivity index (χ2n) is 6.76. The number of nitrogens with zero attached hydrogens (tertiary/aromatic N) is 2. The molecule has 104 valence electrons. The topological polar surface area (TPSA) is 18.5 Å². The van der Waals surface area contributed by atoms with Crippen LogP contribution in [0.3, 0.4) is 0 Å². The van der Waals surface area contributed by atoms with Gasteiger partial charge in [0.2, 0.25) is 0 Å². The van der Waals surface area contributed by atoms with E-state index in [0.717, 1.165) is 24.2 Å². The van der Waals surface area contributed by atoms with Crippen LogP contribution in [-0.2, 0) is 0 Å². The normalized spacial score (nSPS) is 37.0. The minimum atomic E-state index is 0.753. The Kier molecular flexibility index (Phi) is 3.92. The highest BCUT2D eigenvalue weighted by Gasteiger charge is 2.32. The Bertz CT molecular complexity index is 269. The monoisotopic (exact) mass is 251 g/mol. The molecule has 3 rings (SSSR count). The van der Waals surface area contributed by atoms with Gasteiger partial charge >= 0.3 is 0 Å². The minimum Gasteiger partial charge on any atom is -0.311 e. The predicted octanol–water partition coefficient (Wildman–Crippen LogP) is 1.69. The largest absolute Gasteiger partial charge is 0.311 e. The van der Waals surface area contributed by atoms with E-state index < -0.39 is 0 Å². The summed E-state index contributed by atoms with van der Waals surface area (Å²) in [6.45, 7) is 6.30. The van der Waals surface area contributed by atoms with E-state index in [-0.39, 0.29) is 0 Å². The van der Waals surface area contributed by atoms with Gasteiger partial charge in [-0.2, -0.15) is 0 Å². The molecule has 3 nitrogen and oxygen atoms in total. The molecule has 2 atom stereocenters. The third-order valence-electron chi connectivity index (χ3n) is 5.27. The van der Waals surface area contributed by atoms with Gasteiger partial charge in [0.25, 0.3) is 0 Å². The number of piperidine rings is 2. The molecule has 1 aliphatic carbocycles. The lowest BCUT2D eigenvalue weighted by molar-refractivity contribution is 0.139. The maximum atomic E-state index is 3.94. The van der Waals surface area contributed by atoms with Gasteiger partial charge in [0, 0.05) is 24.2 Å². The van der Waals surface area contributed by atoms with Crippen LogP contribution in [0.1, 0.15) is 45.4 Å². The second kappa shape index (κ2) is 5.48. The van der Waals surface area contributed by atoms with Crippen LogP contribution in [0.25, 0.3) is 0 Å². The van der Waals surface area contributed by atoms with Crippen LogP contribution < -0.4 is 5.32 Å². The van der Waals surface area contributed by atoms with Crippen LogP contribution >= 0.6 is 0 Å². The van der Waals surface area contributed by atoms with E-state index in [2.05, 4.69) is 29.1 Å². The Morgan fingerprint density at radius 1 is 0.889 bits per heavy atom. The Labute approximate surface area is 112 Å². The molecule has 0 bridgehead atoms. The molecule has 1 saturated carbocycles. The van der Waals surface area contributed by atoms with Crippen molar-refractivity contribution in [3.63, 3.8) is 0 Å². The molecule has 3 aliphatic rings. The fraction of sp³-hybridized carbons (Fsp3) is 1.00. The lowest BCUT2D eigenvalue weighted by Gasteiger charge is -2.39. The molecule has 3 fully saturated rings. The Morgan fingerprint density at radius 3 is 2.17 bits per heavy atom. The van der Waals surface area contributed by atoms with Crippen molar-refractivity contribution in [3.05, 3.63) is 0 Å². The zero-order chi connectivity index (χ0) is 12.5. The zero-order valence-electron chi connectivity index (χ0n) is 12.1. The summed E-state index contributed by atoms with van der Waals surface area (Å²) in [4.78, 5) is 5.21. The van der Waals surface area contributed by atoms with E-state index in [1.54, 1.807) is 0 Å². The van der Waals surface area contributed by atoms with Crippen molar-refractivity contribution in [3.8, 4) is 0 Å². The van der Waals surface area contributed by atoms with E-state index in [0.29, 0.717) is 0 Å². The van der Waals surface area contributed by atoms with Crippen molar-refractivity contribution in [1.82, 2.24) is 15.1 Å². The maximum absolute atomic E-state index is 3.94. The molecule has 2 unspecified atom stereocenters. The summed E-state index contributed by atoms with van der Waals surface area (Å²) >= 11 is 0. The lowest BCUT2D eigenvalue weighted by Crippen LogP contribution is -2.51. The molecular weight excluding hydrogens is 222 g/mol. The third-order valence-corrected chi connectivity index (χ3v) is 5.27. The summed E-state index contributed by atoms with van der Waals surface area (Å²) in [5.74, 6) is 0. The number of rotatable bonds is 3. The first-order valence-electron chi connectivity index (χ1n) is 7.92. The summed E-state index contributed by atoms with van der Waals surface area (Å²) in [5.41, 5.74) is 0. The van der Waals surface area contributed by atoms with Crippen LogP contribution in [-0.4, -0.2) is 60.6 Å². The highest BCUT2D eigenvalue weighted by Crippen LogP contribution is 2.29. The van der Waals surface area contributed by atoms with Gasteiger partial charge in [-0.3, -0.25) is 0 Å². The van der Waals surface area contributed by atoms with Gasteiger partial charge in [-0.15, -0.1) is 0 Å². The van der Waals surface area contributed by atoms with Crippen LogP contribution in [0.4, 0.5) is 0 Å². The van der Waals surface area contributed by atoms with Crippen molar-refractivity contribution in [2.45, 2.75) is 69.6 Å². The molecule has 1 N–H and O–H groups in total. The number of nitrogens with one attached hydrogen (secondary N) is 1. The van der Waals surface area contributed by atoms with Gasteiger partial charge < -0.3 is 15.1 Å². The summed E-state index contributed by atoms with van der Waals surface area (Å²) in [7, 11) is 2.26. The van der Waals surface area contributed by atoms with Crippen molar-refractivity contribution in [1.29, 1.82) is 0 Å². The quantitative estimate of drug-likeness (QED) is 0.823. The number of hydrogen-bond acceptors (Lipinski definition) is 3. The smallest absolute Gasteiger partial charge is 0.00966 e. The van der Waals surface area contributed by atoms with Gasteiger partial charge in [0.15, 0.2) is 0 Å². The average molecular weight is 251 g/mol. The van der Waals surface area contributed by atoms with E-state index in [1.165, 1.54) is 58.2 Å². The summed E-state index contributed by atoms with van der Waals surface area (Å²) in [6.07, 6.45) is 8.34. The minimum absolute atomic E-state index is 0.753. The van der Waals surface area contributed by atoms with Crippen LogP contribution in [0, 0.1) is 0 Å². The summed E-state index contributed by atoms with van der Waals surface area (Å²) in [6, 6.07) is 3.28. The molecule has 3 heteroatoms. The van der Waals surface area contributed by atoms with Gasteiger partial charge in [-0.05, 0) is 72.1 Å². The Morgan fingerprint density at radius 2 is 1.56 bits per heavy atom. The molecule has 2 saturated heterocycles.